The Morgan fingerprint density at radius 2 is 1.10 bits per heavy atom. The Balaban J connectivity index is 0.900. The Hall–Kier alpha value is -6.98. The lowest BCUT2D eigenvalue weighted by Gasteiger charge is -2.36. The van der Waals surface area contributed by atoms with E-state index in [4.69, 9.17) is 19.4 Å². The molecule has 79 heavy (non-hydrogen) atoms. The van der Waals surface area contributed by atoms with E-state index in [-0.39, 0.29) is 93.7 Å². The van der Waals surface area contributed by atoms with Gasteiger partial charge >= 0.3 is 12.2 Å². The number of halogens is 4. The molecular formula is C61H68F4N8O6. The minimum Gasteiger partial charge on any atom is -0.453 e. The standard InChI is InChI=1S/C61H68F4N8O6/c1-29(2)51(70-59(76)78-5)57(74)72-46-13-9-7-11-33(46)27-48(72)55-66-44-25-35(23-42(63)53(44)68-55)38-19-32-17-18-61(65)40(21-32)37(38)16-15-31-20-39(50(61)41(62)22-31)36-24-43(64)54-45(26-36)67-56(69-54)49-28-34-12-8-10-14-47(34)73(49)58(75)52(30(3)4)71-60(77)79-6/h19-26,29-30,33-34,46-49,51-52H,7-18,27-28H2,1-6H3,(H,66,68)(H,67,69)(H,70,76)(H,71,77)/t33-,34-,46-,47-,48-,49-,51-,52-,61?/m0/s1. The van der Waals surface area contributed by atoms with Crippen molar-refractivity contribution in [3.63, 3.8) is 0 Å². The molecule has 4 aromatic carbocycles. The van der Waals surface area contributed by atoms with Crippen LogP contribution in [-0.4, -0.2) is 92.1 Å². The van der Waals surface area contributed by atoms with E-state index in [0.717, 1.165) is 56.9 Å². The maximum Gasteiger partial charge on any atom is 0.407 e. The van der Waals surface area contributed by atoms with Crippen LogP contribution in [0.25, 0.3) is 44.3 Å². The molecule has 1 unspecified atom stereocenters. The second-order valence-corrected chi connectivity index (χ2v) is 23.9. The van der Waals surface area contributed by atoms with Gasteiger partial charge in [-0.3, -0.25) is 9.59 Å². The van der Waals surface area contributed by atoms with Gasteiger partial charge < -0.3 is 39.9 Å². The zero-order valence-corrected chi connectivity index (χ0v) is 45.5. The highest BCUT2D eigenvalue weighted by Crippen LogP contribution is 2.53. The summed E-state index contributed by atoms with van der Waals surface area (Å²) in [7, 11) is 2.51. The van der Waals surface area contributed by atoms with E-state index in [1.807, 2.05) is 49.6 Å². The second kappa shape index (κ2) is 20.3. The molecule has 9 atom stereocenters. The van der Waals surface area contributed by atoms with E-state index in [0.29, 0.717) is 70.6 Å². The second-order valence-electron chi connectivity index (χ2n) is 23.9. The van der Waals surface area contributed by atoms with Crippen molar-refractivity contribution in [1.82, 2.24) is 40.4 Å². The monoisotopic (exact) mass is 1080 g/mol. The van der Waals surface area contributed by atoms with Gasteiger partial charge in [-0.25, -0.2) is 37.1 Å². The van der Waals surface area contributed by atoms with E-state index < -0.39 is 59.5 Å². The van der Waals surface area contributed by atoms with Gasteiger partial charge in [0.15, 0.2) is 17.3 Å². The van der Waals surface area contributed by atoms with Crippen LogP contribution in [0, 0.1) is 41.1 Å². The van der Waals surface area contributed by atoms with Gasteiger partial charge in [-0.15, -0.1) is 0 Å². The highest BCUT2D eigenvalue weighted by Gasteiger charge is 2.51. The van der Waals surface area contributed by atoms with Crippen LogP contribution in [0.15, 0.2) is 48.5 Å². The Morgan fingerprint density at radius 1 is 0.620 bits per heavy atom. The first-order chi connectivity index (χ1) is 37.9. The van der Waals surface area contributed by atoms with Crippen molar-refractivity contribution in [3.05, 3.63) is 105 Å². The van der Waals surface area contributed by atoms with Crippen LogP contribution in [0.1, 0.15) is 150 Å². The van der Waals surface area contributed by atoms with E-state index in [9.17, 15) is 19.2 Å². The number of carbonyl (C=O) groups is 4. The zero-order valence-electron chi connectivity index (χ0n) is 45.5. The summed E-state index contributed by atoms with van der Waals surface area (Å²) in [6.45, 7) is 7.45. The predicted octanol–water partition coefficient (Wildman–Crippen LogP) is 11.9. The number of imidazole rings is 2. The molecule has 416 valence electrons. The van der Waals surface area contributed by atoms with Crippen molar-refractivity contribution in [2.75, 3.05) is 14.2 Å². The summed E-state index contributed by atoms with van der Waals surface area (Å²) in [4.78, 5) is 74.1. The molecular weight excluding hydrogens is 1020 g/mol. The van der Waals surface area contributed by atoms with E-state index in [1.54, 1.807) is 18.2 Å². The van der Waals surface area contributed by atoms with Crippen LogP contribution in [-0.2, 0) is 44.0 Å². The Labute approximate surface area is 456 Å². The number of methoxy groups -OCH3 is 2. The molecule has 2 aliphatic heterocycles. The number of amides is 4. The predicted molar refractivity (Wildman–Crippen MR) is 289 cm³/mol. The van der Waals surface area contributed by atoms with Gasteiger partial charge in [0.1, 0.15) is 40.6 Å². The minimum absolute atomic E-state index is 0.0391. The number of carbonyl (C=O) groups excluding carboxylic acids is 4. The minimum atomic E-state index is -2.37. The van der Waals surface area contributed by atoms with E-state index >= 15 is 17.6 Å². The highest BCUT2D eigenvalue weighted by molar-refractivity contribution is 5.90. The summed E-state index contributed by atoms with van der Waals surface area (Å²) in [6.07, 6.45) is 7.99. The quantitative estimate of drug-likeness (QED) is 0.0981. The van der Waals surface area contributed by atoms with Gasteiger partial charge in [0.05, 0.1) is 37.3 Å². The number of alkyl carbamates (subject to hydrolysis) is 2. The van der Waals surface area contributed by atoms with E-state index in [1.165, 1.54) is 32.4 Å². The van der Waals surface area contributed by atoms with Gasteiger partial charge in [-0.2, -0.15) is 0 Å². The number of aromatic nitrogens is 4. The Kier molecular flexibility index (Phi) is 13.5. The summed E-state index contributed by atoms with van der Waals surface area (Å²) >= 11 is 0. The molecule has 4 bridgehead atoms. The maximum absolute atomic E-state index is 18.9. The van der Waals surface area contributed by atoms with Crippen LogP contribution in [0.2, 0.25) is 0 Å². The molecule has 2 saturated carbocycles. The first-order valence-corrected chi connectivity index (χ1v) is 28.3. The van der Waals surface area contributed by atoms with Gasteiger partial charge in [0, 0.05) is 17.6 Å². The van der Waals surface area contributed by atoms with Crippen LogP contribution >= 0.6 is 0 Å². The fraction of sp³-hybridized carbons (Fsp3) is 0.508. The number of H-pyrrole nitrogens is 2. The lowest BCUT2D eigenvalue weighted by Crippen LogP contribution is -2.53. The number of aromatic amines is 2. The first-order valence-electron chi connectivity index (χ1n) is 28.3. The lowest BCUT2D eigenvalue weighted by molar-refractivity contribution is -0.139. The fourth-order valence-corrected chi connectivity index (χ4v) is 14.8. The third-order valence-corrected chi connectivity index (χ3v) is 18.5. The zero-order chi connectivity index (χ0) is 55.3. The number of nitrogens with one attached hydrogen (secondary N) is 4. The topological polar surface area (TPSA) is 175 Å². The molecule has 0 radical (unpaired) electrons. The Morgan fingerprint density at radius 3 is 1.61 bits per heavy atom. The van der Waals surface area contributed by atoms with Crippen molar-refractivity contribution >= 4 is 46.1 Å². The van der Waals surface area contributed by atoms with Gasteiger partial charge in [-0.05, 0) is 163 Å². The maximum atomic E-state index is 18.9. The first kappa shape index (κ1) is 52.7. The van der Waals surface area contributed by atoms with Crippen molar-refractivity contribution in [1.29, 1.82) is 0 Å². The van der Waals surface area contributed by atoms with Crippen LogP contribution in [0.5, 0.6) is 0 Å². The molecule has 7 aliphatic rings. The number of likely N-dealkylation sites (tertiary alicyclic amines) is 2. The van der Waals surface area contributed by atoms with Gasteiger partial charge in [-0.1, -0.05) is 71.6 Å². The smallest absolute Gasteiger partial charge is 0.407 e. The number of hydrogen-bond donors (Lipinski definition) is 4. The van der Waals surface area contributed by atoms with Crippen LogP contribution in [0.4, 0.5) is 27.2 Å². The third-order valence-electron chi connectivity index (χ3n) is 18.5. The van der Waals surface area contributed by atoms with Gasteiger partial charge in [0.25, 0.3) is 0 Å². The Bertz CT molecular complexity index is 3450. The molecule has 2 saturated heterocycles. The van der Waals surface area contributed by atoms with Gasteiger partial charge in [0.2, 0.25) is 11.8 Å². The number of nitrogens with zero attached hydrogens (tertiary/aromatic N) is 4. The van der Waals surface area contributed by atoms with Crippen molar-refractivity contribution in [2.24, 2.45) is 23.7 Å². The molecule has 14 nitrogen and oxygen atoms in total. The number of fused-ring (bicyclic) bond motifs is 8. The highest BCUT2D eigenvalue weighted by atomic mass is 19.2. The number of aryl methyl sites for hydroxylation is 2. The van der Waals surface area contributed by atoms with E-state index in [2.05, 4.69) is 20.6 Å². The third kappa shape index (κ3) is 8.99. The average Bonchev–Trinajstić information content (AvgIpc) is 4.39. The molecule has 13 rings (SSSR count). The summed E-state index contributed by atoms with van der Waals surface area (Å²) in [6, 6.07) is 10.1. The summed E-state index contributed by atoms with van der Waals surface area (Å²) < 4.78 is 79.2. The normalized spacial score (nSPS) is 25.0. The van der Waals surface area contributed by atoms with Crippen molar-refractivity contribution < 1.29 is 46.2 Å². The fourth-order valence-electron chi connectivity index (χ4n) is 14.8. The molecule has 4 N–H and O–H groups in total. The van der Waals surface area contributed by atoms with Crippen LogP contribution < -0.4 is 10.6 Å². The summed E-state index contributed by atoms with van der Waals surface area (Å²) in [5.74, 6) is -1.80. The van der Waals surface area contributed by atoms with Crippen LogP contribution in [0.3, 0.4) is 0 Å². The van der Waals surface area contributed by atoms with Crippen molar-refractivity contribution in [2.45, 2.75) is 160 Å². The largest absolute Gasteiger partial charge is 0.453 e. The SMILES string of the molecule is COC(=O)N[C@H](C(=O)N1[C@H](c2nc3c(F)cc(-c4cc5cc6c4CCc4cc(F)c(c(-c7cc(F)c8nc([C@@H]9C[C@@H]%10CCCC[C@@H]%10N9C(=O)[C@@H](NC(=O)OC)C(C)C)[nH]c8c7)c4)C6(F)CC5)cc3[nH]2)C[C@@H]2CCCC[C@@H]21)C(C)C. The molecule has 2 aromatic heterocycles. The summed E-state index contributed by atoms with van der Waals surface area (Å²) in [5, 5.41) is 5.48. The molecule has 4 heterocycles. The molecule has 18 heteroatoms. The molecule has 4 fully saturated rings. The molecule has 0 spiro atoms. The number of rotatable bonds is 10. The molecule has 5 aliphatic carbocycles. The number of benzene rings is 4. The summed E-state index contributed by atoms with van der Waals surface area (Å²) in [5.41, 5.74) is 2.17. The average molecular weight is 1090 g/mol. The number of hydrogen-bond acceptors (Lipinski definition) is 8. The van der Waals surface area contributed by atoms with Crippen molar-refractivity contribution in [3.8, 4) is 22.3 Å². The lowest BCUT2D eigenvalue weighted by atomic mass is 9.72. The number of ether oxygens (including phenoxy) is 2. The molecule has 6 aromatic rings. The molecule has 4 amide bonds. The number of alkyl halides is 1.